The number of carboxylic acids is 1. The van der Waals surface area contributed by atoms with Gasteiger partial charge in [-0.15, -0.1) is 0 Å². The molecule has 3 saturated carbocycles. The van der Waals surface area contributed by atoms with Gasteiger partial charge >= 0.3 is 5.97 Å². The SMILES string of the molecule is CCC1(C(=O)O)CC2CC1C1C3C=CC(C3)C21. The fraction of sp³-hybridized carbons (Fsp3) is 0.800. The number of fused-ring (bicyclic) bond motifs is 9. The Morgan fingerprint density at radius 2 is 2.00 bits per heavy atom. The van der Waals surface area contributed by atoms with Crippen molar-refractivity contribution in [3.63, 3.8) is 0 Å². The van der Waals surface area contributed by atoms with Crippen LogP contribution in [0.15, 0.2) is 12.2 Å². The molecule has 3 fully saturated rings. The predicted octanol–water partition coefficient (Wildman–Crippen LogP) is 2.95. The number of allylic oxidation sites excluding steroid dienone is 2. The van der Waals surface area contributed by atoms with Crippen molar-refractivity contribution < 1.29 is 9.90 Å². The molecule has 0 aromatic carbocycles. The van der Waals surface area contributed by atoms with Crippen molar-refractivity contribution in [2.24, 2.45) is 40.9 Å². The van der Waals surface area contributed by atoms with Crippen molar-refractivity contribution in [3.8, 4) is 0 Å². The van der Waals surface area contributed by atoms with E-state index >= 15 is 0 Å². The first-order valence-corrected chi connectivity index (χ1v) is 7.09. The average molecular weight is 232 g/mol. The van der Waals surface area contributed by atoms with Crippen molar-refractivity contribution in [1.82, 2.24) is 0 Å². The van der Waals surface area contributed by atoms with Crippen LogP contribution in [0.4, 0.5) is 0 Å². The van der Waals surface area contributed by atoms with Crippen LogP contribution in [0.2, 0.25) is 0 Å². The van der Waals surface area contributed by atoms with Gasteiger partial charge in [0.25, 0.3) is 0 Å². The molecular weight excluding hydrogens is 212 g/mol. The van der Waals surface area contributed by atoms with E-state index in [4.69, 9.17) is 0 Å². The Balaban J connectivity index is 1.75. The molecule has 17 heavy (non-hydrogen) atoms. The minimum Gasteiger partial charge on any atom is -0.481 e. The predicted molar refractivity (Wildman–Crippen MR) is 64.3 cm³/mol. The molecule has 7 unspecified atom stereocenters. The van der Waals surface area contributed by atoms with E-state index in [-0.39, 0.29) is 5.41 Å². The molecular formula is C15H20O2. The highest BCUT2D eigenvalue weighted by atomic mass is 16.4. The lowest BCUT2D eigenvalue weighted by Crippen LogP contribution is -2.43. The monoisotopic (exact) mass is 232 g/mol. The second-order valence-electron chi connectivity index (χ2n) is 6.72. The molecule has 0 aliphatic heterocycles. The smallest absolute Gasteiger partial charge is 0.309 e. The van der Waals surface area contributed by atoms with Crippen LogP contribution in [0.5, 0.6) is 0 Å². The van der Waals surface area contributed by atoms with E-state index in [2.05, 4.69) is 19.1 Å². The first-order valence-electron chi connectivity index (χ1n) is 7.09. The third-order valence-corrected chi connectivity index (χ3v) is 6.54. The maximum atomic E-state index is 11.7. The zero-order valence-electron chi connectivity index (χ0n) is 10.3. The number of rotatable bonds is 2. The number of carbonyl (C=O) groups is 1. The maximum Gasteiger partial charge on any atom is 0.309 e. The van der Waals surface area contributed by atoms with Crippen LogP contribution < -0.4 is 0 Å². The van der Waals surface area contributed by atoms with E-state index in [1.807, 2.05) is 0 Å². The molecule has 0 amide bonds. The summed E-state index contributed by atoms with van der Waals surface area (Å²) in [5.74, 6) is 3.72. The topological polar surface area (TPSA) is 37.3 Å². The normalized spacial score (nSPS) is 57.7. The summed E-state index contributed by atoms with van der Waals surface area (Å²) < 4.78 is 0. The van der Waals surface area contributed by atoms with Gasteiger partial charge in [0, 0.05) is 0 Å². The number of hydrogen-bond donors (Lipinski definition) is 1. The minimum atomic E-state index is -0.516. The Morgan fingerprint density at radius 1 is 1.29 bits per heavy atom. The molecule has 1 N–H and O–H groups in total. The zero-order chi connectivity index (χ0) is 11.8. The van der Waals surface area contributed by atoms with Gasteiger partial charge in [-0.1, -0.05) is 19.1 Å². The highest BCUT2D eigenvalue weighted by Crippen LogP contribution is 2.71. The van der Waals surface area contributed by atoms with Gasteiger partial charge in [0.05, 0.1) is 5.41 Å². The molecule has 0 heterocycles. The van der Waals surface area contributed by atoms with E-state index in [1.54, 1.807) is 0 Å². The maximum absolute atomic E-state index is 11.7. The quantitative estimate of drug-likeness (QED) is 0.587. The minimum absolute atomic E-state index is 0.371. The zero-order valence-corrected chi connectivity index (χ0v) is 10.3. The van der Waals surface area contributed by atoms with Crippen molar-refractivity contribution >= 4 is 5.97 Å². The number of aliphatic carboxylic acids is 1. The van der Waals surface area contributed by atoms with Crippen LogP contribution in [0, 0.1) is 40.9 Å². The molecule has 2 heteroatoms. The molecule has 0 aromatic heterocycles. The molecule has 4 bridgehead atoms. The molecule has 0 aromatic rings. The van der Waals surface area contributed by atoms with Crippen LogP contribution in [0.25, 0.3) is 0 Å². The Bertz CT molecular complexity index is 413. The fourth-order valence-electron chi connectivity index (χ4n) is 6.01. The second-order valence-corrected chi connectivity index (χ2v) is 6.72. The summed E-state index contributed by atoms with van der Waals surface area (Å²) in [6.07, 6.45) is 9.11. The molecule has 7 atom stereocenters. The lowest BCUT2D eigenvalue weighted by Gasteiger charge is -2.42. The standard InChI is InChI=1S/C15H20O2/c1-2-15(14(16)17)7-10-6-11(15)13-9-4-3-8(5-9)12(10)13/h3-4,8-13H,2,5-7H2,1H3,(H,16,17). The number of hydrogen-bond acceptors (Lipinski definition) is 1. The molecule has 4 aliphatic rings. The summed E-state index contributed by atoms with van der Waals surface area (Å²) in [5, 5.41) is 9.66. The first kappa shape index (κ1) is 10.2. The van der Waals surface area contributed by atoms with Crippen LogP contribution in [0.3, 0.4) is 0 Å². The van der Waals surface area contributed by atoms with Crippen LogP contribution >= 0.6 is 0 Å². The average Bonchev–Trinajstić information content (AvgIpc) is 3.05. The Morgan fingerprint density at radius 3 is 2.65 bits per heavy atom. The summed E-state index contributed by atoms with van der Waals surface area (Å²) in [6.45, 7) is 2.08. The summed E-state index contributed by atoms with van der Waals surface area (Å²) in [4.78, 5) is 11.7. The van der Waals surface area contributed by atoms with E-state index in [0.29, 0.717) is 23.7 Å². The van der Waals surface area contributed by atoms with Crippen molar-refractivity contribution in [3.05, 3.63) is 12.2 Å². The molecule has 4 rings (SSSR count). The molecule has 4 aliphatic carbocycles. The molecule has 0 spiro atoms. The van der Waals surface area contributed by atoms with Gasteiger partial charge in [0.15, 0.2) is 0 Å². The van der Waals surface area contributed by atoms with Gasteiger partial charge in [-0.3, -0.25) is 4.79 Å². The summed E-state index contributed by atoms with van der Waals surface area (Å²) in [7, 11) is 0. The van der Waals surface area contributed by atoms with E-state index in [1.165, 1.54) is 12.8 Å². The van der Waals surface area contributed by atoms with Gasteiger partial charge in [-0.05, 0) is 61.2 Å². The highest BCUT2D eigenvalue weighted by Gasteiger charge is 2.67. The Labute approximate surface area is 102 Å². The summed E-state index contributed by atoms with van der Waals surface area (Å²) in [6, 6.07) is 0. The lowest BCUT2D eigenvalue weighted by atomic mass is 9.61. The third-order valence-electron chi connectivity index (χ3n) is 6.54. The van der Waals surface area contributed by atoms with Gasteiger partial charge in [-0.25, -0.2) is 0 Å². The van der Waals surface area contributed by atoms with Crippen LogP contribution in [-0.2, 0) is 4.79 Å². The lowest BCUT2D eigenvalue weighted by molar-refractivity contribution is -0.155. The highest BCUT2D eigenvalue weighted by molar-refractivity contribution is 5.76. The van der Waals surface area contributed by atoms with Gasteiger partial charge in [-0.2, -0.15) is 0 Å². The van der Waals surface area contributed by atoms with E-state index in [0.717, 1.165) is 24.7 Å². The Hall–Kier alpha value is -0.790. The number of carboxylic acid groups (broad SMARTS) is 1. The van der Waals surface area contributed by atoms with Gasteiger partial charge in [0.2, 0.25) is 0 Å². The van der Waals surface area contributed by atoms with E-state index < -0.39 is 5.97 Å². The summed E-state index contributed by atoms with van der Waals surface area (Å²) >= 11 is 0. The summed E-state index contributed by atoms with van der Waals surface area (Å²) in [5.41, 5.74) is -0.371. The fourth-order valence-corrected chi connectivity index (χ4v) is 6.01. The van der Waals surface area contributed by atoms with E-state index in [9.17, 15) is 9.90 Å². The van der Waals surface area contributed by atoms with Crippen molar-refractivity contribution in [1.29, 1.82) is 0 Å². The van der Waals surface area contributed by atoms with Gasteiger partial charge < -0.3 is 5.11 Å². The molecule has 2 nitrogen and oxygen atoms in total. The van der Waals surface area contributed by atoms with Crippen molar-refractivity contribution in [2.45, 2.75) is 32.6 Å². The second kappa shape index (κ2) is 2.96. The third kappa shape index (κ3) is 0.974. The van der Waals surface area contributed by atoms with Gasteiger partial charge in [0.1, 0.15) is 0 Å². The van der Waals surface area contributed by atoms with Crippen molar-refractivity contribution in [2.75, 3.05) is 0 Å². The molecule has 0 radical (unpaired) electrons. The Kier molecular flexibility index (Phi) is 1.77. The largest absolute Gasteiger partial charge is 0.481 e. The molecule has 0 saturated heterocycles. The molecule has 92 valence electrons. The van der Waals surface area contributed by atoms with Crippen LogP contribution in [-0.4, -0.2) is 11.1 Å². The van der Waals surface area contributed by atoms with Crippen LogP contribution in [0.1, 0.15) is 32.6 Å². The first-order chi connectivity index (χ1) is 8.17.